The normalized spacial score (nSPS) is 14.8. The number of thiophene rings is 1. The van der Waals surface area contributed by atoms with E-state index in [2.05, 4.69) is 75.2 Å². The summed E-state index contributed by atoms with van der Waals surface area (Å²) in [4.78, 5) is 14.2. The Morgan fingerprint density at radius 1 is 0.885 bits per heavy atom. The molecule has 1 radical (unpaired) electrons. The van der Waals surface area contributed by atoms with Crippen molar-refractivity contribution in [2.24, 2.45) is 22.7 Å². The quantitative estimate of drug-likeness (QED) is 0.102. The van der Waals surface area contributed by atoms with Crippen LogP contribution in [0.3, 0.4) is 0 Å². The third kappa shape index (κ3) is 12.2. The van der Waals surface area contributed by atoms with Gasteiger partial charge in [-0.1, -0.05) is 123 Å². The topological polar surface area (TPSA) is 63.4 Å². The maximum atomic E-state index is 13.2. The maximum Gasteiger partial charge on any atom is 0.394 e. The molecule has 2 aromatic carbocycles. The fraction of sp³-hybridized carbons (Fsp3) is 0.488. The fourth-order valence-electron chi connectivity index (χ4n) is 5.97. The first-order valence-electron chi connectivity index (χ1n) is 18.2. The van der Waals surface area contributed by atoms with Gasteiger partial charge in [0.2, 0.25) is 0 Å². The second-order valence-corrected chi connectivity index (χ2v) is 16.3. The van der Waals surface area contributed by atoms with Crippen molar-refractivity contribution >= 4 is 23.2 Å². The average molecular weight is 915 g/mol. The van der Waals surface area contributed by atoms with Gasteiger partial charge in [0.1, 0.15) is 0 Å². The van der Waals surface area contributed by atoms with Crippen LogP contribution in [0, 0.1) is 36.1 Å². The van der Waals surface area contributed by atoms with Crippen LogP contribution in [0.1, 0.15) is 116 Å². The minimum atomic E-state index is -4.23. The van der Waals surface area contributed by atoms with Crippen molar-refractivity contribution in [1.29, 1.82) is 0 Å². The molecule has 9 heteroatoms. The predicted molar refractivity (Wildman–Crippen MR) is 209 cm³/mol. The number of allylic oxidation sites excluding steroid dienone is 2. The third-order valence-electron chi connectivity index (χ3n) is 9.55. The number of nitrogens with one attached hydrogen (secondary N) is 1. The molecule has 0 saturated carbocycles. The van der Waals surface area contributed by atoms with Crippen LogP contribution >= 0.6 is 11.3 Å². The zero-order chi connectivity index (χ0) is 38.1. The zero-order valence-corrected chi connectivity index (χ0v) is 35.6. The Bertz CT molecular complexity index is 1630. The molecule has 52 heavy (non-hydrogen) atoms. The number of hydrogen-bond acceptors (Lipinski definition) is 4. The number of ketones is 1. The van der Waals surface area contributed by atoms with Gasteiger partial charge in [0.15, 0.2) is 5.78 Å². The predicted octanol–water partition coefficient (Wildman–Crippen LogP) is 13.5. The third-order valence-corrected chi connectivity index (χ3v) is 11.0. The van der Waals surface area contributed by atoms with E-state index in [9.17, 15) is 23.1 Å². The van der Waals surface area contributed by atoms with Crippen LogP contribution in [-0.4, -0.2) is 17.1 Å². The summed E-state index contributed by atoms with van der Waals surface area (Å²) >= 11 is 1.77. The Balaban J connectivity index is 0.000000497. The number of alkyl halides is 3. The molecular formula is C43H57F3IrN2O2S-2. The average Bonchev–Trinajstić information content (AvgIpc) is 3.41. The van der Waals surface area contributed by atoms with Gasteiger partial charge in [0.05, 0.1) is 11.2 Å². The molecule has 4 rings (SSSR count). The molecule has 1 aliphatic heterocycles. The van der Waals surface area contributed by atoms with Crippen molar-refractivity contribution in [1.82, 2.24) is 5.32 Å². The Kier molecular flexibility index (Phi) is 17.1. The molecule has 0 bridgehead atoms. The van der Waals surface area contributed by atoms with Gasteiger partial charge in [-0.2, -0.15) is 24.8 Å². The van der Waals surface area contributed by atoms with E-state index in [1.54, 1.807) is 23.5 Å². The van der Waals surface area contributed by atoms with Crippen molar-refractivity contribution < 1.29 is 43.2 Å². The van der Waals surface area contributed by atoms with Gasteiger partial charge < -0.3 is 15.7 Å². The van der Waals surface area contributed by atoms with Crippen LogP contribution in [0.25, 0.3) is 33.0 Å². The second kappa shape index (κ2) is 19.6. The molecule has 1 aliphatic rings. The summed E-state index contributed by atoms with van der Waals surface area (Å²) in [6.45, 7) is 21.3. The zero-order valence-electron chi connectivity index (χ0n) is 32.4. The van der Waals surface area contributed by atoms with Gasteiger partial charge in [-0.3, -0.25) is 11.3 Å². The van der Waals surface area contributed by atoms with E-state index < -0.39 is 11.6 Å². The second-order valence-electron chi connectivity index (χ2n) is 15.2. The molecule has 0 amide bonds. The molecular weight excluding hydrogens is 858 g/mol. The summed E-state index contributed by atoms with van der Waals surface area (Å²) in [5, 5.41) is 17.9. The number of aliphatic hydroxyl groups excluding tert-OH is 1. The molecule has 1 atom stereocenters. The molecule has 2 N–H and O–H groups in total. The standard InChI is InChI=1S/C30H33F3N2S.C13H24O2.Ir/c1-19-24-15-16-34-27(35-18-28(2,3)4)26(24)36-25(19)23-13-11-22(12-14-23)21-9-7-20(8-10-21)17-29(5,6)30(31,32)33;1-5-10(6-2)12(14)9-13(15)11(7-3)8-4;/h7-16,18,27,35H,17H2,1-6H3;9-11,14H,5-8H2,1-4H3;/q-2;;/b;12-9-;. The minimum Gasteiger partial charge on any atom is -0.674 e. The summed E-state index contributed by atoms with van der Waals surface area (Å²) in [6.07, 6.45) is 4.51. The monoisotopic (exact) mass is 915 g/mol. The Labute approximate surface area is 328 Å². The van der Waals surface area contributed by atoms with Gasteiger partial charge >= 0.3 is 6.18 Å². The van der Waals surface area contributed by atoms with Crippen LogP contribution in [-0.2, 0) is 31.3 Å². The van der Waals surface area contributed by atoms with E-state index in [4.69, 9.17) is 0 Å². The number of carbonyl (C=O) groups is 1. The molecule has 3 aromatic rings. The Morgan fingerprint density at radius 3 is 1.87 bits per heavy atom. The molecule has 0 saturated heterocycles. The summed E-state index contributed by atoms with van der Waals surface area (Å²) in [7, 11) is 0. The largest absolute Gasteiger partial charge is 0.674 e. The fourth-order valence-corrected chi connectivity index (χ4v) is 7.28. The number of benzene rings is 2. The summed E-state index contributed by atoms with van der Waals surface area (Å²) in [6, 6.07) is 15.8. The molecule has 2 heterocycles. The van der Waals surface area contributed by atoms with Crippen molar-refractivity contribution in [3.8, 4) is 21.6 Å². The summed E-state index contributed by atoms with van der Waals surface area (Å²) in [5.74, 6) is 0.547. The van der Waals surface area contributed by atoms with Crippen molar-refractivity contribution in [3.05, 3.63) is 100.0 Å². The smallest absolute Gasteiger partial charge is 0.394 e. The van der Waals surface area contributed by atoms with Gasteiger partial charge in [-0.25, -0.2) is 0 Å². The van der Waals surface area contributed by atoms with Crippen LogP contribution in [0.15, 0.2) is 66.6 Å². The van der Waals surface area contributed by atoms with Crippen LogP contribution in [0.5, 0.6) is 0 Å². The molecule has 4 nitrogen and oxygen atoms in total. The molecule has 0 spiro atoms. The molecule has 1 unspecified atom stereocenters. The number of nitrogens with zero attached hydrogens (tertiary/aromatic N) is 1. The van der Waals surface area contributed by atoms with E-state index in [-0.39, 0.29) is 61.5 Å². The molecule has 0 fully saturated rings. The molecule has 0 aliphatic carbocycles. The first kappa shape index (κ1) is 45.4. The number of rotatable bonds is 13. The number of aliphatic hydroxyl groups is 1. The van der Waals surface area contributed by atoms with Gasteiger partial charge in [0.25, 0.3) is 0 Å². The van der Waals surface area contributed by atoms with Crippen LogP contribution < -0.4 is 5.32 Å². The SMILES string of the molecule is CCC(CC)C(=O)/C=C(\O)C(CC)CC.Cc1c(-c2ccc(-c3ccc(CC(C)(C)C(F)(F)F)cc3)cc2)sc2c1C=C[N-]C2N[CH-]C(C)(C)C.[Ir]. The van der Waals surface area contributed by atoms with Gasteiger partial charge in [-0.05, 0) is 72.4 Å². The van der Waals surface area contributed by atoms with Crippen molar-refractivity contribution in [2.45, 2.75) is 114 Å². The van der Waals surface area contributed by atoms with E-state index in [0.29, 0.717) is 5.56 Å². The van der Waals surface area contributed by atoms with Gasteiger partial charge in [-0.15, -0.1) is 11.3 Å². The number of carbonyl (C=O) groups excluding carboxylic acids is 1. The molecule has 1 aromatic heterocycles. The number of fused-ring (bicyclic) bond motifs is 1. The van der Waals surface area contributed by atoms with E-state index in [1.807, 2.05) is 46.0 Å². The maximum absolute atomic E-state index is 13.2. The Hall–Kier alpha value is -2.71. The summed E-state index contributed by atoms with van der Waals surface area (Å²) in [5.41, 5.74) is 4.62. The first-order chi connectivity index (χ1) is 23.8. The summed E-state index contributed by atoms with van der Waals surface area (Å²) < 4.78 is 39.7. The Morgan fingerprint density at radius 2 is 1.38 bits per heavy atom. The van der Waals surface area contributed by atoms with Crippen molar-refractivity contribution in [2.75, 3.05) is 0 Å². The first-order valence-corrected chi connectivity index (χ1v) is 19.0. The van der Waals surface area contributed by atoms with E-state index in [1.165, 1.54) is 40.8 Å². The van der Waals surface area contributed by atoms with Crippen LogP contribution in [0.2, 0.25) is 0 Å². The van der Waals surface area contributed by atoms with Crippen LogP contribution in [0.4, 0.5) is 13.2 Å². The minimum absolute atomic E-state index is 0. The molecule has 289 valence electrons. The van der Waals surface area contributed by atoms with E-state index in [0.717, 1.165) is 42.4 Å². The van der Waals surface area contributed by atoms with Crippen molar-refractivity contribution in [3.63, 3.8) is 0 Å². The van der Waals surface area contributed by atoms with Gasteiger partial charge in [0, 0.05) is 47.8 Å². The number of halogens is 3. The number of hydrogen-bond donors (Lipinski definition) is 2. The van der Waals surface area contributed by atoms with E-state index >= 15 is 0 Å².